The molecule has 3 fully saturated rings. The van der Waals surface area contributed by atoms with E-state index in [4.69, 9.17) is 9.72 Å². The van der Waals surface area contributed by atoms with Gasteiger partial charge in [0.1, 0.15) is 17.4 Å². The normalized spacial score (nSPS) is 26.2. The highest BCUT2D eigenvalue weighted by molar-refractivity contribution is 7.93. The topological polar surface area (TPSA) is 114 Å². The Morgan fingerprint density at radius 3 is 2.59 bits per heavy atom. The first-order chi connectivity index (χ1) is 18.8. The molecule has 0 spiro atoms. The Hall–Kier alpha value is -3.56. The zero-order valence-electron chi connectivity index (χ0n) is 21.5. The summed E-state index contributed by atoms with van der Waals surface area (Å²) in [5.41, 5.74) is 0.591. The number of benzene rings is 2. The summed E-state index contributed by atoms with van der Waals surface area (Å²) in [6.07, 6.45) is 3.28. The molecule has 6 rings (SSSR count). The third kappa shape index (κ3) is 5.08. The van der Waals surface area contributed by atoms with Gasteiger partial charge in [-0.25, -0.2) is 13.4 Å². The maximum Gasteiger partial charge on any atom is 0.238 e. The first kappa shape index (κ1) is 25.7. The van der Waals surface area contributed by atoms with Crippen molar-refractivity contribution >= 4 is 32.3 Å². The summed E-state index contributed by atoms with van der Waals surface area (Å²) in [4.78, 5) is 31.1. The Balaban J connectivity index is 1.15. The molecule has 0 unspecified atom stereocenters. The van der Waals surface area contributed by atoms with E-state index in [1.54, 1.807) is 6.08 Å². The largest absolute Gasteiger partial charge is 0.472 e. The van der Waals surface area contributed by atoms with E-state index in [1.165, 1.54) is 0 Å². The minimum absolute atomic E-state index is 0.270. The van der Waals surface area contributed by atoms with Crippen LogP contribution in [0.1, 0.15) is 25.7 Å². The lowest BCUT2D eigenvalue weighted by Crippen LogP contribution is -2.52. The van der Waals surface area contributed by atoms with Gasteiger partial charge in [0.25, 0.3) is 0 Å². The van der Waals surface area contributed by atoms with Crippen LogP contribution in [0, 0.1) is 5.92 Å². The van der Waals surface area contributed by atoms with Gasteiger partial charge in [0.05, 0.1) is 17.0 Å². The molecule has 2 heterocycles. The second-order valence-corrected chi connectivity index (χ2v) is 13.1. The molecule has 3 aliphatic rings. The third-order valence-corrected chi connectivity index (χ3v) is 10.1. The number of hydrogen-bond acceptors (Lipinski definition) is 7. The summed E-state index contributed by atoms with van der Waals surface area (Å²) in [6.45, 7) is 4.20. The van der Waals surface area contributed by atoms with Crippen LogP contribution in [0.4, 0.5) is 0 Å². The lowest BCUT2D eigenvalue weighted by atomic mass is 10.1. The van der Waals surface area contributed by atoms with Gasteiger partial charge in [-0.05, 0) is 36.8 Å². The van der Waals surface area contributed by atoms with Gasteiger partial charge in [-0.3, -0.25) is 9.59 Å². The molecule has 2 aromatic carbocycles. The number of sulfone groups is 1. The van der Waals surface area contributed by atoms with Crippen LogP contribution in [0.3, 0.4) is 0 Å². The Morgan fingerprint density at radius 1 is 1.13 bits per heavy atom. The van der Waals surface area contributed by atoms with Crippen LogP contribution in [0.5, 0.6) is 5.88 Å². The van der Waals surface area contributed by atoms with Crippen LogP contribution < -0.4 is 15.4 Å². The average Bonchev–Trinajstić information content (AvgIpc) is 3.86. The van der Waals surface area contributed by atoms with E-state index >= 15 is 0 Å². The number of ether oxygens (including phenoxy) is 1. The summed E-state index contributed by atoms with van der Waals surface area (Å²) in [5.74, 6) is -1.09. The van der Waals surface area contributed by atoms with E-state index < -0.39 is 38.2 Å². The van der Waals surface area contributed by atoms with Crippen molar-refractivity contribution in [3.05, 3.63) is 73.3 Å². The summed E-state index contributed by atoms with van der Waals surface area (Å²) in [6, 6.07) is 19.2. The molecule has 202 valence electrons. The number of Topliss-reactive ketones (excluding diaryl/α,β-unsaturated/α-hetero) is 1. The van der Waals surface area contributed by atoms with Crippen molar-refractivity contribution in [2.24, 2.45) is 5.92 Å². The van der Waals surface area contributed by atoms with Crippen LogP contribution in [-0.2, 0) is 19.4 Å². The van der Waals surface area contributed by atoms with Gasteiger partial charge in [0.15, 0.2) is 15.6 Å². The standard InChI is InChI=1S/C30H31N3O5S/c1-2-21-16-30(21,27(34)18-39(36,37)23-12-13-23)33-28(35)26-15-22(17-31-26)38-29-24-11-7-6-10-20(24)14-25(32-29)19-8-4-3-5-9-19/h2-11,14,21-23,26,31H,1,12-13,15-18H2,(H,33,35)/t21-,22-,26+,30-/m1/s1. The number of carbonyl (C=O) groups is 2. The van der Waals surface area contributed by atoms with Gasteiger partial charge in [0, 0.05) is 29.8 Å². The number of amides is 1. The number of nitrogens with zero attached hydrogens (tertiary/aromatic N) is 1. The number of aromatic nitrogens is 1. The number of fused-ring (bicyclic) bond motifs is 1. The summed E-state index contributed by atoms with van der Waals surface area (Å²) < 4.78 is 31.2. The Bertz CT molecular complexity index is 1550. The van der Waals surface area contributed by atoms with Gasteiger partial charge in [-0.1, -0.05) is 54.6 Å². The van der Waals surface area contributed by atoms with Crippen molar-refractivity contribution in [1.29, 1.82) is 0 Å². The zero-order chi connectivity index (χ0) is 27.2. The minimum atomic E-state index is -3.48. The molecule has 0 bridgehead atoms. The van der Waals surface area contributed by atoms with Crippen molar-refractivity contribution in [1.82, 2.24) is 15.6 Å². The van der Waals surface area contributed by atoms with Crippen molar-refractivity contribution in [3.63, 3.8) is 0 Å². The smallest absolute Gasteiger partial charge is 0.238 e. The van der Waals surface area contributed by atoms with Gasteiger partial charge in [-0.15, -0.1) is 6.58 Å². The molecule has 4 atom stereocenters. The number of ketones is 1. The lowest BCUT2D eigenvalue weighted by Gasteiger charge is -2.20. The van der Waals surface area contributed by atoms with E-state index in [1.807, 2.05) is 60.7 Å². The molecule has 3 aromatic rings. The molecule has 0 radical (unpaired) electrons. The molecule has 1 aliphatic heterocycles. The predicted octanol–water partition coefficient (Wildman–Crippen LogP) is 3.22. The molecule has 2 saturated carbocycles. The van der Waals surface area contributed by atoms with Crippen LogP contribution >= 0.6 is 0 Å². The predicted molar refractivity (Wildman–Crippen MR) is 149 cm³/mol. The molecular formula is C30H31N3O5S. The molecule has 8 nitrogen and oxygen atoms in total. The number of carbonyl (C=O) groups excluding carboxylic acids is 2. The minimum Gasteiger partial charge on any atom is -0.472 e. The van der Waals surface area contributed by atoms with E-state index in [0.29, 0.717) is 38.1 Å². The highest BCUT2D eigenvalue weighted by Gasteiger charge is 2.60. The summed E-state index contributed by atoms with van der Waals surface area (Å²) in [5, 5.41) is 7.55. The first-order valence-electron chi connectivity index (χ1n) is 13.3. The highest BCUT2D eigenvalue weighted by Crippen LogP contribution is 2.46. The monoisotopic (exact) mass is 545 g/mol. The summed E-state index contributed by atoms with van der Waals surface area (Å²) >= 11 is 0. The first-order valence-corrected chi connectivity index (χ1v) is 15.1. The number of pyridine rings is 1. The van der Waals surface area contributed by atoms with Crippen molar-refractivity contribution < 1.29 is 22.7 Å². The van der Waals surface area contributed by atoms with Crippen LogP contribution in [0.2, 0.25) is 0 Å². The summed E-state index contributed by atoms with van der Waals surface area (Å²) in [7, 11) is -3.48. The Labute approximate surface area is 227 Å². The molecule has 1 amide bonds. The second-order valence-electron chi connectivity index (χ2n) is 10.8. The molecule has 1 saturated heterocycles. The van der Waals surface area contributed by atoms with Crippen LogP contribution in [0.25, 0.3) is 22.0 Å². The number of nitrogens with one attached hydrogen (secondary N) is 2. The van der Waals surface area contributed by atoms with Gasteiger partial charge < -0.3 is 15.4 Å². The fourth-order valence-electron chi connectivity index (χ4n) is 5.43. The fraction of sp³-hybridized carbons (Fsp3) is 0.367. The maximum atomic E-state index is 13.2. The van der Waals surface area contributed by atoms with Crippen molar-refractivity contribution in [2.75, 3.05) is 12.3 Å². The lowest BCUT2D eigenvalue weighted by molar-refractivity contribution is -0.129. The molecule has 2 N–H and O–H groups in total. The number of hydrogen-bond donors (Lipinski definition) is 2. The van der Waals surface area contributed by atoms with Gasteiger partial charge in [-0.2, -0.15) is 0 Å². The maximum absolute atomic E-state index is 13.2. The molecule has 2 aliphatic carbocycles. The van der Waals surface area contributed by atoms with Crippen molar-refractivity contribution in [2.45, 2.75) is 48.6 Å². The quantitative estimate of drug-likeness (QED) is 0.376. The van der Waals surface area contributed by atoms with E-state index in [2.05, 4.69) is 17.2 Å². The van der Waals surface area contributed by atoms with E-state index in [-0.39, 0.29) is 17.9 Å². The molecule has 39 heavy (non-hydrogen) atoms. The van der Waals surface area contributed by atoms with Crippen LogP contribution in [0.15, 0.2) is 73.3 Å². The number of rotatable bonds is 10. The van der Waals surface area contributed by atoms with Crippen molar-refractivity contribution in [3.8, 4) is 17.1 Å². The van der Waals surface area contributed by atoms with E-state index in [0.717, 1.165) is 22.0 Å². The molecule has 1 aromatic heterocycles. The van der Waals surface area contributed by atoms with Gasteiger partial charge in [0.2, 0.25) is 11.8 Å². The second kappa shape index (κ2) is 9.88. The fourth-order valence-corrected chi connectivity index (χ4v) is 7.15. The SMILES string of the molecule is C=C[C@@H]1C[C@]1(NC(=O)[C@@H]1C[C@@H](Oc2nc(-c3ccccc3)cc3ccccc23)CN1)C(=O)CS(=O)(=O)C1CC1. The molecule has 9 heteroatoms. The highest BCUT2D eigenvalue weighted by atomic mass is 32.2. The Morgan fingerprint density at radius 2 is 1.87 bits per heavy atom. The zero-order valence-corrected chi connectivity index (χ0v) is 22.3. The van der Waals surface area contributed by atoms with E-state index in [9.17, 15) is 18.0 Å². The molecular weight excluding hydrogens is 514 g/mol. The average molecular weight is 546 g/mol. The third-order valence-electron chi connectivity index (χ3n) is 7.97. The van der Waals surface area contributed by atoms with Crippen LogP contribution in [-0.4, -0.2) is 60.3 Å². The Kier molecular flexibility index (Phi) is 6.51. The van der Waals surface area contributed by atoms with Gasteiger partial charge >= 0.3 is 0 Å².